The van der Waals surface area contributed by atoms with Crippen LogP contribution in [0.4, 0.5) is 0 Å². The Morgan fingerprint density at radius 2 is 0.960 bits per heavy atom. The van der Waals surface area contributed by atoms with E-state index in [-0.39, 0.29) is 0 Å². The SMILES string of the molecule is CCCCCCCCCC(C)(CCCCCCCCC)C(=O)C(=O)O. The van der Waals surface area contributed by atoms with Crippen molar-refractivity contribution in [2.75, 3.05) is 0 Å². The first kappa shape index (κ1) is 24.1. The second kappa shape index (κ2) is 15.4. The standard InChI is InChI=1S/C22H42O3/c1-4-6-8-10-12-14-16-18-22(3,20(23)21(24)25)19-17-15-13-11-9-7-5-2/h4-19H2,1-3H3,(H,24,25). The van der Waals surface area contributed by atoms with Crippen LogP contribution in [0, 0.1) is 5.41 Å². The van der Waals surface area contributed by atoms with Crippen LogP contribution in [0.5, 0.6) is 0 Å². The van der Waals surface area contributed by atoms with Gasteiger partial charge in [-0.3, -0.25) is 4.79 Å². The number of Topliss-reactive ketones (excluding diaryl/α,β-unsaturated/α-hetero) is 1. The Morgan fingerprint density at radius 3 is 1.28 bits per heavy atom. The third kappa shape index (κ3) is 12.2. The molecule has 3 nitrogen and oxygen atoms in total. The minimum absolute atomic E-state index is 0.579. The molecule has 0 aliphatic heterocycles. The van der Waals surface area contributed by atoms with Crippen molar-refractivity contribution in [1.82, 2.24) is 0 Å². The quantitative estimate of drug-likeness (QED) is 0.214. The van der Waals surface area contributed by atoms with Crippen molar-refractivity contribution in [3.63, 3.8) is 0 Å². The number of hydrogen-bond donors (Lipinski definition) is 1. The summed E-state index contributed by atoms with van der Waals surface area (Å²) in [5.41, 5.74) is -0.668. The molecule has 0 heterocycles. The highest BCUT2D eigenvalue weighted by Gasteiger charge is 2.36. The van der Waals surface area contributed by atoms with Crippen LogP contribution in [0.3, 0.4) is 0 Å². The van der Waals surface area contributed by atoms with E-state index in [4.69, 9.17) is 5.11 Å². The molecule has 0 unspecified atom stereocenters. The van der Waals surface area contributed by atoms with Crippen LogP contribution in [0.1, 0.15) is 124 Å². The number of carboxylic acid groups (broad SMARTS) is 1. The molecule has 25 heavy (non-hydrogen) atoms. The molecule has 0 saturated heterocycles. The lowest BCUT2D eigenvalue weighted by atomic mass is 9.76. The van der Waals surface area contributed by atoms with Crippen LogP contribution < -0.4 is 0 Å². The van der Waals surface area contributed by atoms with Gasteiger partial charge in [0.05, 0.1) is 0 Å². The number of carbonyl (C=O) groups is 2. The van der Waals surface area contributed by atoms with E-state index in [9.17, 15) is 9.59 Å². The molecule has 0 aliphatic rings. The summed E-state index contributed by atoms with van der Waals surface area (Å²) in [6, 6.07) is 0. The Labute approximate surface area is 156 Å². The first-order chi connectivity index (χ1) is 12.0. The fraction of sp³-hybridized carbons (Fsp3) is 0.909. The second-order valence-corrected chi connectivity index (χ2v) is 7.94. The van der Waals surface area contributed by atoms with E-state index < -0.39 is 17.2 Å². The Balaban J connectivity index is 4.13. The molecule has 0 fully saturated rings. The highest BCUT2D eigenvalue weighted by atomic mass is 16.4. The molecule has 0 spiro atoms. The van der Waals surface area contributed by atoms with Gasteiger partial charge in [0, 0.05) is 5.41 Å². The lowest BCUT2D eigenvalue weighted by Gasteiger charge is -2.26. The zero-order valence-corrected chi connectivity index (χ0v) is 17.1. The van der Waals surface area contributed by atoms with Gasteiger partial charge >= 0.3 is 5.97 Å². The number of rotatable bonds is 18. The average molecular weight is 355 g/mol. The largest absolute Gasteiger partial charge is 0.475 e. The molecule has 3 heteroatoms. The predicted octanol–water partition coefficient (Wildman–Crippen LogP) is 6.93. The maximum atomic E-state index is 12.2. The molecule has 0 atom stereocenters. The van der Waals surface area contributed by atoms with Crippen molar-refractivity contribution in [2.45, 2.75) is 124 Å². The Hall–Kier alpha value is -0.860. The molecule has 0 aliphatic carbocycles. The molecule has 0 bridgehead atoms. The predicted molar refractivity (Wildman–Crippen MR) is 106 cm³/mol. The lowest BCUT2D eigenvalue weighted by molar-refractivity contribution is -0.154. The molecule has 0 aromatic heterocycles. The first-order valence-electron chi connectivity index (χ1n) is 10.8. The summed E-state index contributed by atoms with van der Waals surface area (Å²) in [6.07, 6.45) is 18.2. The minimum atomic E-state index is -1.26. The first-order valence-corrected chi connectivity index (χ1v) is 10.8. The Kier molecular flexibility index (Phi) is 14.9. The van der Waals surface area contributed by atoms with Gasteiger partial charge in [-0.05, 0) is 12.8 Å². The van der Waals surface area contributed by atoms with E-state index in [0.29, 0.717) is 0 Å². The maximum absolute atomic E-state index is 12.2. The highest BCUT2D eigenvalue weighted by Crippen LogP contribution is 2.32. The number of ketones is 1. The van der Waals surface area contributed by atoms with Gasteiger partial charge in [0.25, 0.3) is 0 Å². The molecule has 0 radical (unpaired) electrons. The van der Waals surface area contributed by atoms with Crippen molar-refractivity contribution >= 4 is 11.8 Å². The lowest BCUT2D eigenvalue weighted by Crippen LogP contribution is -2.34. The van der Waals surface area contributed by atoms with Gasteiger partial charge in [0.2, 0.25) is 5.78 Å². The number of aliphatic carboxylic acids is 1. The second-order valence-electron chi connectivity index (χ2n) is 7.94. The summed E-state index contributed by atoms with van der Waals surface area (Å²) >= 11 is 0. The van der Waals surface area contributed by atoms with Crippen LogP contribution in [0.15, 0.2) is 0 Å². The Bertz CT molecular complexity index is 331. The summed E-state index contributed by atoms with van der Waals surface area (Å²) in [6.45, 7) is 6.30. The average Bonchev–Trinajstić information content (AvgIpc) is 2.59. The van der Waals surface area contributed by atoms with Crippen LogP contribution in [-0.4, -0.2) is 16.9 Å². The van der Waals surface area contributed by atoms with Gasteiger partial charge in [-0.2, -0.15) is 0 Å². The van der Waals surface area contributed by atoms with E-state index >= 15 is 0 Å². The van der Waals surface area contributed by atoms with Crippen molar-refractivity contribution < 1.29 is 14.7 Å². The number of hydrogen-bond acceptors (Lipinski definition) is 2. The summed E-state index contributed by atoms with van der Waals surface area (Å²) in [4.78, 5) is 23.4. The smallest absolute Gasteiger partial charge is 0.372 e. The van der Waals surface area contributed by atoms with Crippen LogP contribution >= 0.6 is 0 Å². The van der Waals surface area contributed by atoms with Crippen LogP contribution in [0.2, 0.25) is 0 Å². The van der Waals surface area contributed by atoms with Crippen LogP contribution in [-0.2, 0) is 9.59 Å². The van der Waals surface area contributed by atoms with Crippen molar-refractivity contribution in [3.8, 4) is 0 Å². The molecule has 1 N–H and O–H groups in total. The van der Waals surface area contributed by atoms with Crippen LogP contribution in [0.25, 0.3) is 0 Å². The van der Waals surface area contributed by atoms with Gasteiger partial charge < -0.3 is 5.11 Å². The van der Waals surface area contributed by atoms with E-state index in [1.165, 1.54) is 64.2 Å². The molecule has 0 aromatic carbocycles. The van der Waals surface area contributed by atoms with Crippen molar-refractivity contribution in [3.05, 3.63) is 0 Å². The van der Waals surface area contributed by atoms with Gasteiger partial charge in [-0.25, -0.2) is 4.79 Å². The van der Waals surface area contributed by atoms with E-state index in [0.717, 1.165) is 38.5 Å². The molecular formula is C22H42O3. The summed E-state index contributed by atoms with van der Waals surface area (Å²) < 4.78 is 0. The van der Waals surface area contributed by atoms with E-state index in [2.05, 4.69) is 13.8 Å². The molecule has 0 rings (SSSR count). The summed E-state index contributed by atoms with van der Waals surface area (Å²) in [7, 11) is 0. The fourth-order valence-electron chi connectivity index (χ4n) is 3.55. The van der Waals surface area contributed by atoms with Crippen molar-refractivity contribution in [1.29, 1.82) is 0 Å². The third-order valence-electron chi connectivity index (χ3n) is 5.41. The number of carbonyl (C=O) groups excluding carboxylic acids is 1. The van der Waals surface area contributed by atoms with Crippen molar-refractivity contribution in [2.24, 2.45) is 5.41 Å². The maximum Gasteiger partial charge on any atom is 0.372 e. The Morgan fingerprint density at radius 1 is 0.640 bits per heavy atom. The normalized spacial score (nSPS) is 11.6. The minimum Gasteiger partial charge on any atom is -0.475 e. The van der Waals surface area contributed by atoms with E-state index in [1.807, 2.05) is 6.92 Å². The monoisotopic (exact) mass is 354 g/mol. The zero-order chi connectivity index (χ0) is 19.0. The number of unbranched alkanes of at least 4 members (excludes halogenated alkanes) is 12. The van der Waals surface area contributed by atoms with Gasteiger partial charge in [0.15, 0.2) is 0 Å². The molecule has 148 valence electrons. The number of carboxylic acids is 1. The van der Waals surface area contributed by atoms with Gasteiger partial charge in [-0.1, -0.05) is 111 Å². The summed E-state index contributed by atoms with van der Waals surface area (Å²) in [5, 5.41) is 9.17. The molecule has 0 aromatic rings. The fourth-order valence-corrected chi connectivity index (χ4v) is 3.55. The highest BCUT2D eigenvalue weighted by molar-refractivity contribution is 6.34. The van der Waals surface area contributed by atoms with E-state index in [1.54, 1.807) is 0 Å². The molecule has 0 amide bonds. The molecular weight excluding hydrogens is 312 g/mol. The third-order valence-corrected chi connectivity index (χ3v) is 5.41. The zero-order valence-electron chi connectivity index (χ0n) is 17.1. The summed E-state index contributed by atoms with van der Waals surface area (Å²) in [5.74, 6) is -1.84. The van der Waals surface area contributed by atoms with Gasteiger partial charge in [0.1, 0.15) is 0 Å². The topological polar surface area (TPSA) is 54.4 Å². The van der Waals surface area contributed by atoms with Gasteiger partial charge in [-0.15, -0.1) is 0 Å². The molecule has 0 saturated carbocycles.